The molecule has 0 radical (unpaired) electrons. The van der Waals surface area contributed by atoms with E-state index in [1.807, 2.05) is 0 Å². The number of hydrogen-bond acceptors (Lipinski definition) is 3. The molecule has 0 bridgehead atoms. The number of Topliss-reactive ketones (excluding diaryl/α,β-unsaturated/α-hetero) is 1. The second-order valence-electron chi connectivity index (χ2n) is 7.98. The van der Waals surface area contributed by atoms with E-state index in [1.54, 1.807) is 0 Å². The van der Waals surface area contributed by atoms with Gasteiger partial charge in [0.1, 0.15) is 5.78 Å². The molecule has 0 unspecified atom stereocenters. The minimum atomic E-state index is -0.728. The summed E-state index contributed by atoms with van der Waals surface area (Å²) in [6.07, 6.45) is 12.1. The minimum absolute atomic E-state index is 0.234. The molecule has 0 aliphatic heterocycles. The number of carboxylic acid groups (broad SMARTS) is 1. The Balaban J connectivity index is 1.76. The highest BCUT2D eigenvalue weighted by Gasteiger charge is 2.45. The molecule has 2 fully saturated rings. The Labute approximate surface area is 151 Å². The molecule has 0 aromatic carbocycles. The number of carbonyl (C=O) groups excluding carboxylic acids is 1. The van der Waals surface area contributed by atoms with Gasteiger partial charge in [0, 0.05) is 19.3 Å². The molecule has 4 heteroatoms. The number of hydrogen-bond donors (Lipinski definition) is 2. The van der Waals surface area contributed by atoms with Crippen molar-refractivity contribution in [3.05, 3.63) is 11.6 Å². The van der Waals surface area contributed by atoms with Crippen molar-refractivity contribution in [3.8, 4) is 0 Å². The van der Waals surface area contributed by atoms with Crippen molar-refractivity contribution in [3.63, 3.8) is 0 Å². The van der Waals surface area contributed by atoms with Gasteiger partial charge in [0.2, 0.25) is 0 Å². The molecule has 0 amide bonds. The number of unbranched alkanes of at least 4 members (excludes halogenated alkanes) is 3. The highest BCUT2D eigenvalue weighted by atomic mass is 16.4. The number of ketones is 1. The van der Waals surface area contributed by atoms with Crippen LogP contribution in [0.4, 0.5) is 0 Å². The Bertz CT molecular complexity index is 482. The van der Waals surface area contributed by atoms with E-state index in [2.05, 4.69) is 13.0 Å². The molecule has 2 N–H and O–H groups in total. The quantitative estimate of drug-likeness (QED) is 0.425. The fourth-order valence-corrected chi connectivity index (χ4v) is 4.73. The van der Waals surface area contributed by atoms with Gasteiger partial charge in [-0.25, -0.2) is 0 Å². The zero-order valence-corrected chi connectivity index (χ0v) is 15.6. The highest BCUT2D eigenvalue weighted by Crippen LogP contribution is 2.51. The molecule has 0 spiro atoms. The molecular weight excluding hydrogens is 316 g/mol. The van der Waals surface area contributed by atoms with Crippen LogP contribution in [0.2, 0.25) is 0 Å². The lowest BCUT2D eigenvalue weighted by Gasteiger charge is -2.20. The zero-order valence-electron chi connectivity index (χ0n) is 15.6. The average molecular weight is 350 g/mol. The Kier molecular flexibility index (Phi) is 8.14. The highest BCUT2D eigenvalue weighted by molar-refractivity contribution is 5.78. The molecule has 0 aromatic heterocycles. The van der Waals surface area contributed by atoms with Crippen LogP contribution in [0.25, 0.3) is 0 Å². The summed E-state index contributed by atoms with van der Waals surface area (Å²) in [4.78, 5) is 22.6. The van der Waals surface area contributed by atoms with Crippen molar-refractivity contribution in [2.45, 2.75) is 90.1 Å². The molecule has 142 valence electrons. The van der Waals surface area contributed by atoms with E-state index in [0.717, 1.165) is 51.4 Å². The lowest BCUT2D eigenvalue weighted by molar-refractivity contribution is -0.137. The summed E-state index contributed by atoms with van der Waals surface area (Å²) in [6, 6.07) is 0. The number of carboxylic acids is 1. The van der Waals surface area contributed by atoms with Gasteiger partial charge < -0.3 is 10.2 Å². The van der Waals surface area contributed by atoms with Crippen LogP contribution < -0.4 is 0 Å². The molecular formula is C21H34O4. The molecule has 0 saturated heterocycles. The number of carbonyl (C=O) groups is 2. The van der Waals surface area contributed by atoms with Crippen molar-refractivity contribution in [2.75, 3.05) is 0 Å². The van der Waals surface area contributed by atoms with Crippen LogP contribution in [-0.4, -0.2) is 28.1 Å². The summed E-state index contributed by atoms with van der Waals surface area (Å²) >= 11 is 0. The fraction of sp³-hybridized carbons (Fsp3) is 0.810. The van der Waals surface area contributed by atoms with Gasteiger partial charge >= 0.3 is 5.97 Å². The Morgan fingerprint density at radius 2 is 1.92 bits per heavy atom. The van der Waals surface area contributed by atoms with Gasteiger partial charge in [-0.05, 0) is 62.7 Å². The summed E-state index contributed by atoms with van der Waals surface area (Å²) in [5, 5.41) is 19.1. The first-order chi connectivity index (χ1) is 12.0. The van der Waals surface area contributed by atoms with Gasteiger partial charge in [0.25, 0.3) is 0 Å². The first-order valence-electron chi connectivity index (χ1n) is 10.1. The number of aliphatic carboxylic acids is 1. The molecule has 0 aromatic rings. The Hall–Kier alpha value is -1.16. The van der Waals surface area contributed by atoms with E-state index in [9.17, 15) is 14.7 Å². The van der Waals surface area contributed by atoms with Crippen molar-refractivity contribution in [2.24, 2.45) is 17.8 Å². The minimum Gasteiger partial charge on any atom is -0.481 e. The zero-order chi connectivity index (χ0) is 18.2. The lowest BCUT2D eigenvalue weighted by atomic mass is 9.86. The number of aliphatic hydroxyl groups is 1. The van der Waals surface area contributed by atoms with E-state index in [4.69, 9.17) is 5.11 Å². The van der Waals surface area contributed by atoms with Crippen LogP contribution in [0, 0.1) is 17.8 Å². The van der Waals surface area contributed by atoms with Gasteiger partial charge in [-0.15, -0.1) is 0 Å². The summed E-state index contributed by atoms with van der Waals surface area (Å²) in [6.45, 7) is 2.15. The summed E-state index contributed by atoms with van der Waals surface area (Å²) < 4.78 is 0. The third-order valence-corrected chi connectivity index (χ3v) is 6.06. The first kappa shape index (κ1) is 20.2. The topological polar surface area (TPSA) is 74.6 Å². The molecule has 4 nitrogen and oxygen atoms in total. The van der Waals surface area contributed by atoms with Crippen molar-refractivity contribution in [1.82, 2.24) is 0 Å². The molecule has 2 rings (SSSR count). The monoisotopic (exact) mass is 350 g/mol. The standard InChI is InChI=1S/C21H34O4/c1-2-3-4-8-17(22)10-11-18-19-13-15(7-5-6-9-21(24)25)12-16(19)14-20(18)23/h7,16,18-20,23H,2-6,8-14H2,1H3,(H,24,25)/t16-,18+,19-,20+/m0/s1. The number of aliphatic hydroxyl groups excluding tert-OH is 1. The van der Waals surface area contributed by atoms with Crippen molar-refractivity contribution < 1.29 is 19.8 Å². The van der Waals surface area contributed by atoms with E-state index in [-0.39, 0.29) is 18.4 Å². The third-order valence-electron chi connectivity index (χ3n) is 6.06. The van der Waals surface area contributed by atoms with Crippen molar-refractivity contribution >= 4 is 11.8 Å². The van der Waals surface area contributed by atoms with Gasteiger partial charge in [-0.3, -0.25) is 9.59 Å². The maximum absolute atomic E-state index is 12.0. The molecule has 4 atom stereocenters. The molecule has 2 aliphatic carbocycles. The lowest BCUT2D eigenvalue weighted by Crippen LogP contribution is -2.20. The number of allylic oxidation sites excluding steroid dienone is 2. The van der Waals surface area contributed by atoms with Crippen LogP contribution in [0.3, 0.4) is 0 Å². The second-order valence-corrected chi connectivity index (χ2v) is 7.98. The Morgan fingerprint density at radius 1 is 1.12 bits per heavy atom. The fourth-order valence-electron chi connectivity index (χ4n) is 4.73. The first-order valence-corrected chi connectivity index (χ1v) is 10.1. The van der Waals surface area contributed by atoms with Gasteiger partial charge in [-0.1, -0.05) is 31.4 Å². The second kappa shape index (κ2) is 10.1. The average Bonchev–Trinajstić information content (AvgIpc) is 3.06. The van der Waals surface area contributed by atoms with Crippen LogP contribution in [-0.2, 0) is 9.59 Å². The van der Waals surface area contributed by atoms with E-state index < -0.39 is 5.97 Å². The van der Waals surface area contributed by atoms with Crippen LogP contribution >= 0.6 is 0 Å². The molecule has 0 heterocycles. The van der Waals surface area contributed by atoms with Crippen LogP contribution in [0.15, 0.2) is 11.6 Å². The largest absolute Gasteiger partial charge is 0.481 e. The summed E-state index contributed by atoms with van der Waals surface area (Å²) in [5.41, 5.74) is 1.44. The van der Waals surface area contributed by atoms with Crippen LogP contribution in [0.5, 0.6) is 0 Å². The maximum Gasteiger partial charge on any atom is 0.303 e. The van der Waals surface area contributed by atoms with Gasteiger partial charge in [0.15, 0.2) is 0 Å². The summed E-state index contributed by atoms with van der Waals surface area (Å²) in [7, 11) is 0. The predicted molar refractivity (Wildman–Crippen MR) is 98.3 cm³/mol. The molecule has 25 heavy (non-hydrogen) atoms. The molecule has 2 saturated carbocycles. The maximum atomic E-state index is 12.0. The van der Waals surface area contributed by atoms with Gasteiger partial charge in [0.05, 0.1) is 6.10 Å². The molecule has 2 aliphatic rings. The normalized spacial score (nSPS) is 29.9. The van der Waals surface area contributed by atoms with E-state index in [1.165, 1.54) is 5.57 Å². The van der Waals surface area contributed by atoms with Gasteiger partial charge in [-0.2, -0.15) is 0 Å². The number of rotatable bonds is 11. The van der Waals surface area contributed by atoms with Crippen molar-refractivity contribution in [1.29, 1.82) is 0 Å². The van der Waals surface area contributed by atoms with E-state index in [0.29, 0.717) is 36.9 Å². The summed E-state index contributed by atoms with van der Waals surface area (Å²) in [5.74, 6) is 0.968. The SMILES string of the molecule is CCCCCC(=O)CC[C@@H]1[C@H]2CC(=CCCCC(=O)O)C[C@H]2C[C@H]1O. The van der Waals surface area contributed by atoms with Crippen LogP contribution in [0.1, 0.15) is 84.0 Å². The third kappa shape index (κ3) is 6.25. The predicted octanol–water partition coefficient (Wildman–Crippen LogP) is 4.50. The van der Waals surface area contributed by atoms with E-state index >= 15 is 0 Å². The smallest absolute Gasteiger partial charge is 0.303 e. The Morgan fingerprint density at radius 3 is 2.64 bits per heavy atom. The number of fused-ring (bicyclic) bond motifs is 1.